The van der Waals surface area contributed by atoms with E-state index >= 15 is 0 Å². The van der Waals surface area contributed by atoms with Gasteiger partial charge in [0, 0.05) is 45.2 Å². The fraction of sp³-hybridized carbons (Fsp3) is 0.692. The van der Waals surface area contributed by atoms with Crippen LogP contribution >= 0.6 is 24.8 Å². The SMILES string of the molecule is CNCCC(=O)N1CCN(Cc2cc(C)no2)CC1.Cl.Cl. The van der Waals surface area contributed by atoms with Gasteiger partial charge < -0.3 is 14.7 Å². The van der Waals surface area contributed by atoms with Crippen molar-refractivity contribution in [1.29, 1.82) is 0 Å². The predicted molar refractivity (Wildman–Crippen MR) is 86.1 cm³/mol. The van der Waals surface area contributed by atoms with E-state index in [0.29, 0.717) is 6.42 Å². The summed E-state index contributed by atoms with van der Waals surface area (Å²) in [6, 6.07) is 1.96. The van der Waals surface area contributed by atoms with E-state index in [1.54, 1.807) is 0 Å². The molecular weight excluding hydrogens is 315 g/mol. The highest BCUT2D eigenvalue weighted by Gasteiger charge is 2.21. The summed E-state index contributed by atoms with van der Waals surface area (Å²) >= 11 is 0. The molecule has 1 aliphatic rings. The molecule has 1 fully saturated rings. The molecule has 0 aromatic carbocycles. The molecule has 0 unspecified atom stereocenters. The Morgan fingerprint density at radius 3 is 2.52 bits per heavy atom. The highest BCUT2D eigenvalue weighted by molar-refractivity contribution is 5.85. The minimum absolute atomic E-state index is 0. The molecule has 0 saturated carbocycles. The van der Waals surface area contributed by atoms with E-state index < -0.39 is 0 Å². The van der Waals surface area contributed by atoms with Gasteiger partial charge in [0.05, 0.1) is 12.2 Å². The predicted octanol–water partition coefficient (Wildman–Crippen LogP) is 1.08. The first-order valence-electron chi connectivity index (χ1n) is 6.76. The quantitative estimate of drug-likeness (QED) is 0.870. The van der Waals surface area contributed by atoms with Crippen molar-refractivity contribution in [2.45, 2.75) is 19.9 Å². The molecule has 2 rings (SSSR count). The molecule has 1 aliphatic heterocycles. The number of carbonyl (C=O) groups excluding carboxylic acids is 1. The van der Waals surface area contributed by atoms with Gasteiger partial charge in [-0.25, -0.2) is 0 Å². The molecule has 2 heterocycles. The van der Waals surface area contributed by atoms with Crippen molar-refractivity contribution in [1.82, 2.24) is 20.3 Å². The van der Waals surface area contributed by atoms with E-state index in [1.165, 1.54) is 0 Å². The Balaban J connectivity index is 0.00000200. The normalized spacial score (nSPS) is 15.2. The summed E-state index contributed by atoms with van der Waals surface area (Å²) in [7, 11) is 1.87. The zero-order valence-corrected chi connectivity index (χ0v) is 14.1. The van der Waals surface area contributed by atoms with Gasteiger partial charge in [-0.15, -0.1) is 24.8 Å². The highest BCUT2D eigenvalue weighted by atomic mass is 35.5. The lowest BCUT2D eigenvalue weighted by molar-refractivity contribution is -0.132. The van der Waals surface area contributed by atoms with Crippen LogP contribution in [0.1, 0.15) is 17.9 Å². The number of aromatic nitrogens is 1. The monoisotopic (exact) mass is 338 g/mol. The number of aryl methyl sites for hydroxylation is 1. The minimum atomic E-state index is 0. The van der Waals surface area contributed by atoms with E-state index in [0.717, 1.165) is 50.7 Å². The second-order valence-corrected chi connectivity index (χ2v) is 4.95. The lowest BCUT2D eigenvalue weighted by Crippen LogP contribution is -2.48. The summed E-state index contributed by atoms with van der Waals surface area (Å²) < 4.78 is 5.21. The van der Waals surface area contributed by atoms with Crippen LogP contribution in [0.15, 0.2) is 10.6 Å². The summed E-state index contributed by atoms with van der Waals surface area (Å²) in [5.41, 5.74) is 0.913. The van der Waals surface area contributed by atoms with Crippen molar-refractivity contribution in [2.75, 3.05) is 39.8 Å². The van der Waals surface area contributed by atoms with Crippen molar-refractivity contribution in [2.24, 2.45) is 0 Å². The van der Waals surface area contributed by atoms with Gasteiger partial charge in [0.2, 0.25) is 5.91 Å². The topological polar surface area (TPSA) is 61.6 Å². The third-order valence-electron chi connectivity index (χ3n) is 3.37. The fourth-order valence-corrected chi connectivity index (χ4v) is 2.26. The first-order chi connectivity index (χ1) is 9.19. The Kier molecular flexibility index (Phi) is 9.61. The maximum absolute atomic E-state index is 11.9. The molecule has 1 aromatic rings. The van der Waals surface area contributed by atoms with Crippen LogP contribution in [0.2, 0.25) is 0 Å². The maximum Gasteiger partial charge on any atom is 0.223 e. The zero-order valence-electron chi connectivity index (χ0n) is 12.5. The third kappa shape index (κ3) is 6.22. The molecule has 1 N–H and O–H groups in total. The van der Waals surface area contributed by atoms with Gasteiger partial charge in [-0.1, -0.05) is 5.16 Å². The first-order valence-corrected chi connectivity index (χ1v) is 6.76. The van der Waals surface area contributed by atoms with Crippen molar-refractivity contribution in [3.8, 4) is 0 Å². The average molecular weight is 339 g/mol. The van der Waals surface area contributed by atoms with E-state index in [4.69, 9.17) is 4.52 Å². The number of hydrogen-bond acceptors (Lipinski definition) is 5. The molecule has 6 nitrogen and oxygen atoms in total. The Morgan fingerprint density at radius 1 is 1.33 bits per heavy atom. The molecule has 0 radical (unpaired) electrons. The van der Waals surface area contributed by atoms with Crippen LogP contribution in [0.25, 0.3) is 0 Å². The Hall–Kier alpha value is -0.820. The summed E-state index contributed by atoms with van der Waals surface area (Å²) in [6.45, 7) is 6.84. The number of piperazine rings is 1. The fourth-order valence-electron chi connectivity index (χ4n) is 2.26. The smallest absolute Gasteiger partial charge is 0.223 e. The summed E-state index contributed by atoms with van der Waals surface area (Å²) in [6.07, 6.45) is 0.581. The molecule has 8 heteroatoms. The third-order valence-corrected chi connectivity index (χ3v) is 3.37. The van der Waals surface area contributed by atoms with Gasteiger partial charge in [-0.2, -0.15) is 0 Å². The largest absolute Gasteiger partial charge is 0.360 e. The van der Waals surface area contributed by atoms with E-state index in [1.807, 2.05) is 24.9 Å². The van der Waals surface area contributed by atoms with Gasteiger partial charge in [0.25, 0.3) is 0 Å². The van der Waals surface area contributed by atoms with Crippen molar-refractivity contribution in [3.63, 3.8) is 0 Å². The second kappa shape index (κ2) is 10.00. The Labute approximate surface area is 138 Å². The van der Waals surface area contributed by atoms with Crippen LogP contribution in [0.5, 0.6) is 0 Å². The second-order valence-electron chi connectivity index (χ2n) is 4.95. The summed E-state index contributed by atoms with van der Waals surface area (Å²) in [5.74, 6) is 1.14. The highest BCUT2D eigenvalue weighted by Crippen LogP contribution is 2.10. The Bertz CT molecular complexity index is 420. The van der Waals surface area contributed by atoms with Crippen LogP contribution in [0.4, 0.5) is 0 Å². The Morgan fingerprint density at radius 2 is 2.00 bits per heavy atom. The molecule has 0 aliphatic carbocycles. The lowest BCUT2D eigenvalue weighted by Gasteiger charge is -2.34. The van der Waals surface area contributed by atoms with Gasteiger partial charge >= 0.3 is 0 Å². The van der Waals surface area contributed by atoms with Crippen LogP contribution in [0.3, 0.4) is 0 Å². The number of rotatable bonds is 5. The lowest BCUT2D eigenvalue weighted by atomic mass is 10.2. The van der Waals surface area contributed by atoms with Gasteiger partial charge in [-0.3, -0.25) is 9.69 Å². The van der Waals surface area contributed by atoms with Gasteiger partial charge in [0.1, 0.15) is 0 Å². The number of halogens is 2. The van der Waals surface area contributed by atoms with Crippen molar-refractivity contribution in [3.05, 3.63) is 17.5 Å². The van der Waals surface area contributed by atoms with E-state index in [2.05, 4.69) is 15.4 Å². The number of amides is 1. The first kappa shape index (κ1) is 20.2. The number of hydrogen-bond donors (Lipinski definition) is 1. The number of nitrogens with one attached hydrogen (secondary N) is 1. The number of nitrogens with zero attached hydrogens (tertiary/aromatic N) is 3. The molecule has 0 spiro atoms. The van der Waals surface area contributed by atoms with E-state index in [-0.39, 0.29) is 30.7 Å². The zero-order chi connectivity index (χ0) is 13.7. The molecule has 1 saturated heterocycles. The molecule has 1 amide bonds. The summed E-state index contributed by atoms with van der Waals surface area (Å²) in [4.78, 5) is 16.1. The standard InChI is InChI=1S/C13H22N4O2.2ClH/c1-11-9-12(19-15-11)10-16-5-7-17(8-6-16)13(18)3-4-14-2;;/h9,14H,3-8,10H2,1-2H3;2*1H. The van der Waals surface area contributed by atoms with Crippen molar-refractivity contribution < 1.29 is 9.32 Å². The van der Waals surface area contributed by atoms with Crippen LogP contribution in [-0.2, 0) is 11.3 Å². The molecule has 0 atom stereocenters. The van der Waals surface area contributed by atoms with Crippen LogP contribution in [-0.4, -0.2) is 60.6 Å². The molecular formula is C13H24Cl2N4O2. The molecule has 1 aromatic heterocycles. The average Bonchev–Trinajstić information content (AvgIpc) is 2.82. The van der Waals surface area contributed by atoms with Crippen molar-refractivity contribution >= 4 is 30.7 Å². The molecule has 122 valence electrons. The van der Waals surface area contributed by atoms with E-state index in [9.17, 15) is 4.79 Å². The number of carbonyl (C=O) groups is 1. The molecule has 21 heavy (non-hydrogen) atoms. The van der Waals surface area contributed by atoms with Gasteiger partial charge in [0.15, 0.2) is 5.76 Å². The molecule has 0 bridgehead atoms. The minimum Gasteiger partial charge on any atom is -0.360 e. The van der Waals surface area contributed by atoms with Crippen LogP contribution in [0, 0.1) is 6.92 Å². The van der Waals surface area contributed by atoms with Gasteiger partial charge in [-0.05, 0) is 14.0 Å². The summed E-state index contributed by atoms with van der Waals surface area (Å²) in [5, 5.41) is 6.89. The maximum atomic E-state index is 11.9. The van der Waals surface area contributed by atoms with Crippen LogP contribution < -0.4 is 5.32 Å².